The number of hydrogen-bond acceptors (Lipinski definition) is 2. The van der Waals surface area contributed by atoms with Crippen molar-refractivity contribution in [3.63, 3.8) is 0 Å². The summed E-state index contributed by atoms with van der Waals surface area (Å²) in [6, 6.07) is 10.7. The summed E-state index contributed by atoms with van der Waals surface area (Å²) in [7, 11) is 0. The second kappa shape index (κ2) is 5.20. The third kappa shape index (κ3) is 2.21. The number of nitrogens with zero attached hydrogens (tertiary/aromatic N) is 2. The average molecular weight is 319 g/mol. The number of fused-ring (bicyclic) bond motifs is 2. The maximum absolute atomic E-state index is 11.7. The van der Waals surface area contributed by atoms with Gasteiger partial charge in [-0.25, -0.2) is 4.52 Å². The smallest absolute Gasteiger partial charge is 0.228 e. The summed E-state index contributed by atoms with van der Waals surface area (Å²) in [5.74, 6) is 0.461. The Labute approximate surface area is 141 Å². The Morgan fingerprint density at radius 1 is 1.12 bits per heavy atom. The molecule has 4 nitrogen and oxygen atoms in total. The first-order valence-corrected chi connectivity index (χ1v) is 8.37. The third-order valence-electron chi connectivity index (χ3n) is 4.74. The number of aryl methyl sites for hydroxylation is 2. The Bertz CT molecular complexity index is 982. The molecule has 0 fully saturated rings. The van der Waals surface area contributed by atoms with E-state index >= 15 is 0 Å². The number of rotatable bonds is 2. The second-order valence-corrected chi connectivity index (χ2v) is 6.98. The molecule has 0 radical (unpaired) electrons. The number of anilines is 1. The van der Waals surface area contributed by atoms with Crippen LogP contribution < -0.4 is 5.32 Å². The van der Waals surface area contributed by atoms with Crippen LogP contribution >= 0.6 is 0 Å². The van der Waals surface area contributed by atoms with Gasteiger partial charge in [0, 0.05) is 11.3 Å². The van der Waals surface area contributed by atoms with Gasteiger partial charge in [0.05, 0.1) is 23.3 Å². The van der Waals surface area contributed by atoms with E-state index < -0.39 is 0 Å². The van der Waals surface area contributed by atoms with Crippen molar-refractivity contribution in [2.45, 2.75) is 40.0 Å². The van der Waals surface area contributed by atoms with Crippen LogP contribution in [-0.4, -0.2) is 15.5 Å². The number of amides is 1. The van der Waals surface area contributed by atoms with Crippen LogP contribution in [-0.2, 0) is 11.2 Å². The lowest BCUT2D eigenvalue weighted by Gasteiger charge is -2.12. The normalized spacial score (nSPS) is 13.6. The fraction of sp³-hybridized carbons (Fsp3) is 0.300. The molecule has 1 amide bonds. The molecule has 0 unspecified atom stereocenters. The van der Waals surface area contributed by atoms with Crippen LogP contribution in [0, 0.1) is 13.8 Å². The van der Waals surface area contributed by atoms with Gasteiger partial charge in [0.1, 0.15) is 0 Å². The minimum atomic E-state index is 0.0707. The van der Waals surface area contributed by atoms with E-state index in [0.717, 1.165) is 39.3 Å². The highest BCUT2D eigenvalue weighted by molar-refractivity contribution is 6.00. The van der Waals surface area contributed by atoms with Gasteiger partial charge >= 0.3 is 0 Å². The maximum Gasteiger partial charge on any atom is 0.228 e. The summed E-state index contributed by atoms with van der Waals surface area (Å²) in [5, 5.41) is 7.78. The SMILES string of the molecule is Cc1cc(-c2c(C)ccc3cc(C(C)C)nn23)cc2c1NC(=O)C2. The van der Waals surface area contributed by atoms with E-state index in [1.807, 2.05) is 11.4 Å². The Kier molecular flexibility index (Phi) is 3.23. The highest BCUT2D eigenvalue weighted by Crippen LogP contribution is 2.34. The monoisotopic (exact) mass is 319 g/mol. The van der Waals surface area contributed by atoms with Gasteiger partial charge in [-0.2, -0.15) is 5.10 Å². The van der Waals surface area contributed by atoms with E-state index in [1.165, 1.54) is 5.56 Å². The number of nitrogens with one attached hydrogen (secondary N) is 1. The first-order chi connectivity index (χ1) is 11.4. The number of benzene rings is 1. The van der Waals surface area contributed by atoms with Gasteiger partial charge in [-0.15, -0.1) is 0 Å². The van der Waals surface area contributed by atoms with Crippen LogP contribution in [0.1, 0.15) is 42.1 Å². The fourth-order valence-electron chi connectivity index (χ4n) is 3.47. The predicted octanol–water partition coefficient (Wildman–Crippen LogP) is 4.24. The Morgan fingerprint density at radius 3 is 2.67 bits per heavy atom. The highest BCUT2D eigenvalue weighted by atomic mass is 16.1. The predicted molar refractivity (Wildman–Crippen MR) is 96.5 cm³/mol. The molecule has 0 atom stereocenters. The van der Waals surface area contributed by atoms with Gasteiger partial charge in [0.25, 0.3) is 0 Å². The van der Waals surface area contributed by atoms with E-state index in [-0.39, 0.29) is 5.91 Å². The van der Waals surface area contributed by atoms with E-state index in [4.69, 9.17) is 5.10 Å². The maximum atomic E-state index is 11.7. The van der Waals surface area contributed by atoms with Crippen LogP contribution in [0.4, 0.5) is 5.69 Å². The van der Waals surface area contributed by atoms with Crippen molar-refractivity contribution in [1.82, 2.24) is 9.61 Å². The average Bonchev–Trinajstić information content (AvgIpc) is 3.10. The molecule has 0 saturated carbocycles. The molecular formula is C20H21N3O. The lowest BCUT2D eigenvalue weighted by atomic mass is 9.99. The van der Waals surface area contributed by atoms with Gasteiger partial charge < -0.3 is 5.32 Å². The molecule has 1 aliphatic rings. The zero-order chi connectivity index (χ0) is 17.0. The summed E-state index contributed by atoms with van der Waals surface area (Å²) >= 11 is 0. The van der Waals surface area contributed by atoms with Crippen molar-refractivity contribution in [2.24, 2.45) is 0 Å². The largest absolute Gasteiger partial charge is 0.325 e. The summed E-state index contributed by atoms with van der Waals surface area (Å²) < 4.78 is 2.04. The van der Waals surface area contributed by atoms with Crippen LogP contribution in [0.5, 0.6) is 0 Å². The molecule has 0 aliphatic carbocycles. The summed E-state index contributed by atoms with van der Waals surface area (Å²) in [6.07, 6.45) is 0.454. The van der Waals surface area contributed by atoms with E-state index in [2.05, 4.69) is 56.4 Å². The number of carbonyl (C=O) groups is 1. The van der Waals surface area contributed by atoms with E-state index in [9.17, 15) is 4.79 Å². The van der Waals surface area contributed by atoms with Crippen molar-refractivity contribution >= 4 is 17.1 Å². The zero-order valence-corrected chi connectivity index (χ0v) is 14.5. The van der Waals surface area contributed by atoms with Gasteiger partial charge in [-0.3, -0.25) is 4.79 Å². The van der Waals surface area contributed by atoms with Gasteiger partial charge in [0.15, 0.2) is 0 Å². The Hall–Kier alpha value is -2.62. The second-order valence-electron chi connectivity index (χ2n) is 6.98. The van der Waals surface area contributed by atoms with E-state index in [0.29, 0.717) is 12.3 Å². The summed E-state index contributed by atoms with van der Waals surface area (Å²) in [4.78, 5) is 11.7. The first-order valence-electron chi connectivity index (χ1n) is 8.37. The van der Waals surface area contributed by atoms with Crippen molar-refractivity contribution in [3.05, 3.63) is 52.7 Å². The molecule has 24 heavy (non-hydrogen) atoms. The third-order valence-corrected chi connectivity index (χ3v) is 4.74. The minimum absolute atomic E-state index is 0.0707. The van der Waals surface area contributed by atoms with Crippen LogP contribution in [0.3, 0.4) is 0 Å². The van der Waals surface area contributed by atoms with Crippen molar-refractivity contribution < 1.29 is 4.79 Å². The lowest BCUT2D eigenvalue weighted by molar-refractivity contribution is -0.115. The molecule has 4 rings (SSSR count). The van der Waals surface area contributed by atoms with Crippen molar-refractivity contribution in [1.29, 1.82) is 0 Å². The lowest BCUT2D eigenvalue weighted by Crippen LogP contribution is -2.04. The number of carbonyl (C=O) groups excluding carboxylic acids is 1. The molecule has 3 aromatic rings. The first kappa shape index (κ1) is 14.9. The Balaban J connectivity index is 1.97. The fourth-order valence-corrected chi connectivity index (χ4v) is 3.47. The Morgan fingerprint density at radius 2 is 1.92 bits per heavy atom. The molecular weight excluding hydrogens is 298 g/mol. The molecule has 0 spiro atoms. The van der Waals surface area contributed by atoms with Crippen LogP contribution in [0.25, 0.3) is 16.8 Å². The number of hydrogen-bond donors (Lipinski definition) is 1. The highest BCUT2D eigenvalue weighted by Gasteiger charge is 2.22. The molecule has 1 aromatic carbocycles. The quantitative estimate of drug-likeness (QED) is 0.768. The number of aromatic nitrogens is 2. The van der Waals surface area contributed by atoms with Gasteiger partial charge in [-0.05, 0) is 60.7 Å². The summed E-state index contributed by atoms with van der Waals surface area (Å²) in [5.41, 5.74) is 8.73. The van der Waals surface area contributed by atoms with Crippen LogP contribution in [0.2, 0.25) is 0 Å². The van der Waals surface area contributed by atoms with Gasteiger partial charge in [0.2, 0.25) is 5.91 Å². The molecule has 1 aliphatic heterocycles. The molecule has 3 heterocycles. The molecule has 0 saturated heterocycles. The van der Waals surface area contributed by atoms with Gasteiger partial charge in [-0.1, -0.05) is 19.9 Å². The standard InChI is InChI=1S/C20H21N3O/c1-11(2)17-10-16-6-5-12(3)20(23(16)22-17)15-7-13(4)19-14(8-15)9-18(24)21-19/h5-8,10-11H,9H2,1-4H3,(H,21,24). The van der Waals surface area contributed by atoms with Crippen molar-refractivity contribution in [3.8, 4) is 11.3 Å². The molecule has 4 heteroatoms. The topological polar surface area (TPSA) is 46.4 Å². The summed E-state index contributed by atoms with van der Waals surface area (Å²) in [6.45, 7) is 8.47. The molecule has 1 N–H and O–H groups in total. The zero-order valence-electron chi connectivity index (χ0n) is 14.5. The molecule has 0 bridgehead atoms. The van der Waals surface area contributed by atoms with Crippen LogP contribution in [0.15, 0.2) is 30.3 Å². The van der Waals surface area contributed by atoms with Crippen molar-refractivity contribution in [2.75, 3.05) is 5.32 Å². The molecule has 122 valence electrons. The number of pyridine rings is 1. The minimum Gasteiger partial charge on any atom is -0.325 e. The van der Waals surface area contributed by atoms with E-state index in [1.54, 1.807) is 0 Å². The molecule has 2 aromatic heterocycles.